The number of aliphatic hydroxyl groups is 1. The zero-order valence-electron chi connectivity index (χ0n) is 11.1. The fraction of sp³-hybridized carbons (Fsp3) is 1.00. The number of piperidine rings is 1. The van der Waals surface area contributed by atoms with Gasteiger partial charge in [-0.05, 0) is 31.8 Å². The van der Waals surface area contributed by atoms with Crippen LogP contribution < -0.4 is 0 Å². The van der Waals surface area contributed by atoms with Crippen molar-refractivity contribution in [2.24, 2.45) is 5.92 Å². The standard InChI is InChI=1S/C11H24N2O4S/c1-3-13(18(15,16)17)9-11(14)8-12-6-4-10(2)5-7-12/h10-11,14H,3-9H2,1-2H3,(H,15,16,17). The molecule has 0 aromatic rings. The maximum absolute atomic E-state index is 11.0. The second-order valence-electron chi connectivity index (χ2n) is 5.07. The van der Waals surface area contributed by atoms with Gasteiger partial charge in [-0.15, -0.1) is 0 Å². The van der Waals surface area contributed by atoms with Gasteiger partial charge in [0.05, 0.1) is 6.10 Å². The van der Waals surface area contributed by atoms with Crippen molar-refractivity contribution in [1.82, 2.24) is 9.21 Å². The summed E-state index contributed by atoms with van der Waals surface area (Å²) < 4.78 is 31.8. The first kappa shape index (κ1) is 15.8. The molecular weight excluding hydrogens is 256 g/mol. The van der Waals surface area contributed by atoms with Crippen LogP contribution in [0, 0.1) is 5.92 Å². The van der Waals surface area contributed by atoms with Gasteiger partial charge in [0, 0.05) is 19.6 Å². The van der Waals surface area contributed by atoms with E-state index in [1.807, 2.05) is 0 Å². The maximum Gasteiger partial charge on any atom is 0.335 e. The highest BCUT2D eigenvalue weighted by Crippen LogP contribution is 2.16. The van der Waals surface area contributed by atoms with Gasteiger partial charge in [0.25, 0.3) is 0 Å². The van der Waals surface area contributed by atoms with E-state index in [-0.39, 0.29) is 13.1 Å². The zero-order chi connectivity index (χ0) is 13.8. The molecule has 1 heterocycles. The molecule has 0 saturated carbocycles. The third kappa shape index (κ3) is 5.19. The number of likely N-dealkylation sites (tertiary alicyclic amines) is 1. The Morgan fingerprint density at radius 3 is 2.39 bits per heavy atom. The van der Waals surface area contributed by atoms with E-state index >= 15 is 0 Å². The molecule has 108 valence electrons. The molecule has 1 atom stereocenters. The molecule has 0 bridgehead atoms. The molecule has 1 unspecified atom stereocenters. The Morgan fingerprint density at radius 2 is 1.94 bits per heavy atom. The Morgan fingerprint density at radius 1 is 1.39 bits per heavy atom. The Balaban J connectivity index is 2.39. The van der Waals surface area contributed by atoms with Crippen molar-refractivity contribution in [3.05, 3.63) is 0 Å². The fourth-order valence-electron chi connectivity index (χ4n) is 2.22. The number of hydrogen-bond acceptors (Lipinski definition) is 4. The molecule has 1 aliphatic rings. The molecule has 2 N–H and O–H groups in total. The monoisotopic (exact) mass is 280 g/mol. The highest BCUT2D eigenvalue weighted by atomic mass is 32.2. The number of rotatable bonds is 6. The average Bonchev–Trinajstić information content (AvgIpc) is 2.27. The second-order valence-corrected chi connectivity index (χ2v) is 6.48. The number of β-amino-alcohol motifs (C(OH)–C–C–N with tert-alkyl or cyclic N) is 1. The smallest absolute Gasteiger partial charge is 0.335 e. The number of aliphatic hydroxyl groups excluding tert-OH is 1. The summed E-state index contributed by atoms with van der Waals surface area (Å²) in [6, 6.07) is 0. The van der Waals surface area contributed by atoms with E-state index in [0.717, 1.165) is 36.2 Å². The molecule has 0 amide bonds. The van der Waals surface area contributed by atoms with Crippen molar-refractivity contribution in [2.45, 2.75) is 32.8 Å². The van der Waals surface area contributed by atoms with Gasteiger partial charge >= 0.3 is 10.3 Å². The van der Waals surface area contributed by atoms with Crippen LogP contribution >= 0.6 is 0 Å². The molecule has 0 aromatic carbocycles. The van der Waals surface area contributed by atoms with Crippen LogP contribution in [0.1, 0.15) is 26.7 Å². The van der Waals surface area contributed by atoms with Crippen LogP contribution in [0.25, 0.3) is 0 Å². The molecule has 0 aliphatic carbocycles. The minimum atomic E-state index is -4.20. The SMILES string of the molecule is CCN(CC(O)CN1CCC(C)CC1)S(=O)(=O)O. The Labute approximate surface area is 109 Å². The van der Waals surface area contributed by atoms with E-state index in [4.69, 9.17) is 4.55 Å². The van der Waals surface area contributed by atoms with Gasteiger partial charge in [0.2, 0.25) is 0 Å². The lowest BCUT2D eigenvalue weighted by Gasteiger charge is -2.32. The molecule has 18 heavy (non-hydrogen) atoms. The van der Waals surface area contributed by atoms with Gasteiger partial charge < -0.3 is 10.0 Å². The van der Waals surface area contributed by atoms with Gasteiger partial charge in [-0.3, -0.25) is 4.55 Å². The molecule has 1 fully saturated rings. The Kier molecular flexibility index (Phi) is 6.00. The van der Waals surface area contributed by atoms with E-state index < -0.39 is 16.4 Å². The summed E-state index contributed by atoms with van der Waals surface area (Å²) in [5, 5.41) is 9.87. The molecule has 1 saturated heterocycles. The normalized spacial score (nSPS) is 21.4. The van der Waals surface area contributed by atoms with E-state index in [0.29, 0.717) is 6.54 Å². The first-order valence-electron chi connectivity index (χ1n) is 6.46. The molecule has 0 spiro atoms. The average molecular weight is 280 g/mol. The van der Waals surface area contributed by atoms with Crippen molar-refractivity contribution in [1.29, 1.82) is 0 Å². The molecule has 1 rings (SSSR count). The van der Waals surface area contributed by atoms with Gasteiger partial charge in [-0.1, -0.05) is 13.8 Å². The largest absolute Gasteiger partial charge is 0.390 e. The number of hydrogen-bond donors (Lipinski definition) is 2. The van der Waals surface area contributed by atoms with E-state index in [2.05, 4.69) is 11.8 Å². The highest BCUT2D eigenvalue weighted by molar-refractivity contribution is 7.83. The summed E-state index contributed by atoms with van der Waals surface area (Å²) in [5.74, 6) is 0.725. The lowest BCUT2D eigenvalue weighted by atomic mass is 9.99. The summed E-state index contributed by atoms with van der Waals surface area (Å²) >= 11 is 0. The van der Waals surface area contributed by atoms with Crippen LogP contribution in [-0.2, 0) is 10.3 Å². The van der Waals surface area contributed by atoms with Crippen LogP contribution in [-0.4, -0.2) is 66.1 Å². The third-order valence-corrected chi connectivity index (χ3v) is 4.50. The molecule has 7 heteroatoms. The maximum atomic E-state index is 11.0. The second kappa shape index (κ2) is 6.81. The van der Waals surface area contributed by atoms with Gasteiger partial charge in [-0.25, -0.2) is 0 Å². The first-order valence-corrected chi connectivity index (χ1v) is 7.85. The van der Waals surface area contributed by atoms with E-state index in [1.54, 1.807) is 6.92 Å². The van der Waals surface area contributed by atoms with Crippen LogP contribution in [0.5, 0.6) is 0 Å². The van der Waals surface area contributed by atoms with Crippen LogP contribution in [0.2, 0.25) is 0 Å². The lowest BCUT2D eigenvalue weighted by molar-refractivity contribution is 0.0772. The third-order valence-electron chi connectivity index (χ3n) is 3.44. The quantitative estimate of drug-likeness (QED) is 0.680. The van der Waals surface area contributed by atoms with Gasteiger partial charge in [0.15, 0.2) is 0 Å². The van der Waals surface area contributed by atoms with E-state index in [9.17, 15) is 13.5 Å². The van der Waals surface area contributed by atoms with Crippen molar-refractivity contribution < 1.29 is 18.1 Å². The summed E-state index contributed by atoms with van der Waals surface area (Å²) in [5.41, 5.74) is 0. The molecule has 1 aliphatic heterocycles. The highest BCUT2D eigenvalue weighted by Gasteiger charge is 2.23. The summed E-state index contributed by atoms with van der Waals surface area (Å²) in [6.45, 7) is 6.29. The summed E-state index contributed by atoms with van der Waals surface area (Å²) in [6.07, 6.45) is 1.46. The minimum absolute atomic E-state index is 0.0542. The Hall–Kier alpha value is -0.210. The summed E-state index contributed by atoms with van der Waals surface area (Å²) in [4.78, 5) is 2.14. The molecular formula is C11H24N2O4S. The van der Waals surface area contributed by atoms with E-state index in [1.165, 1.54) is 0 Å². The minimum Gasteiger partial charge on any atom is -0.390 e. The molecule has 6 nitrogen and oxygen atoms in total. The predicted octanol–water partition coefficient (Wildman–Crippen LogP) is 0.204. The van der Waals surface area contributed by atoms with Crippen molar-refractivity contribution in [3.63, 3.8) is 0 Å². The van der Waals surface area contributed by atoms with Gasteiger partial charge in [0.1, 0.15) is 0 Å². The predicted molar refractivity (Wildman–Crippen MR) is 69.6 cm³/mol. The first-order chi connectivity index (χ1) is 8.32. The number of nitrogens with zero attached hydrogens (tertiary/aromatic N) is 2. The Bertz CT molecular complexity index is 339. The topological polar surface area (TPSA) is 81.1 Å². The van der Waals surface area contributed by atoms with Crippen LogP contribution in [0.4, 0.5) is 0 Å². The van der Waals surface area contributed by atoms with Crippen LogP contribution in [0.15, 0.2) is 0 Å². The fourth-order valence-corrected chi connectivity index (χ4v) is 2.91. The lowest BCUT2D eigenvalue weighted by Crippen LogP contribution is -2.44. The van der Waals surface area contributed by atoms with Crippen molar-refractivity contribution in [3.8, 4) is 0 Å². The number of likely N-dealkylation sites (N-methyl/N-ethyl adjacent to an activating group) is 1. The van der Waals surface area contributed by atoms with Crippen molar-refractivity contribution in [2.75, 3.05) is 32.7 Å². The van der Waals surface area contributed by atoms with Gasteiger partial charge in [-0.2, -0.15) is 12.7 Å². The molecule has 0 radical (unpaired) electrons. The zero-order valence-corrected chi connectivity index (χ0v) is 11.9. The van der Waals surface area contributed by atoms with Crippen LogP contribution in [0.3, 0.4) is 0 Å². The van der Waals surface area contributed by atoms with Crippen molar-refractivity contribution >= 4 is 10.3 Å². The molecule has 0 aromatic heterocycles. The summed E-state index contributed by atoms with van der Waals surface area (Å²) in [7, 11) is -4.20.